The molecule has 0 heterocycles. The van der Waals surface area contributed by atoms with Crippen LogP contribution in [0.3, 0.4) is 0 Å². The van der Waals surface area contributed by atoms with E-state index in [2.05, 4.69) is 13.8 Å². The number of aliphatic carboxylic acids is 1. The second-order valence-electron chi connectivity index (χ2n) is 3.88. The fourth-order valence-electron chi connectivity index (χ4n) is 1.44. The summed E-state index contributed by atoms with van der Waals surface area (Å²) in [4.78, 5) is 12.8. The number of nitrogens with zero attached hydrogens (tertiary/aromatic N) is 1. The van der Waals surface area contributed by atoms with Crippen LogP contribution in [0.25, 0.3) is 0 Å². The Morgan fingerprint density at radius 3 is 2.50 bits per heavy atom. The zero-order valence-electron chi connectivity index (χ0n) is 9.36. The normalized spacial score (nSPS) is 15.5. The Labute approximate surface area is 86.1 Å². The van der Waals surface area contributed by atoms with Crippen LogP contribution >= 0.6 is 0 Å². The molecule has 0 aliphatic carbocycles. The van der Waals surface area contributed by atoms with E-state index in [1.54, 1.807) is 0 Å². The van der Waals surface area contributed by atoms with Crippen molar-refractivity contribution in [1.82, 2.24) is 4.90 Å². The number of nitrogens with two attached hydrogens (primary N) is 1. The summed E-state index contributed by atoms with van der Waals surface area (Å²) in [6.07, 6.45) is 1.58. The van der Waals surface area contributed by atoms with Crippen LogP contribution in [0, 0.1) is 5.92 Å². The Kier molecular flexibility index (Phi) is 6.49. The minimum atomic E-state index is -0.777. The lowest BCUT2D eigenvalue weighted by atomic mass is 10.1. The molecule has 84 valence electrons. The Bertz CT molecular complexity index is 174. The van der Waals surface area contributed by atoms with Gasteiger partial charge in [-0.2, -0.15) is 0 Å². The molecule has 3 N–H and O–H groups in total. The highest BCUT2D eigenvalue weighted by Crippen LogP contribution is 2.08. The fraction of sp³-hybridized carbons (Fsp3) is 0.900. The topological polar surface area (TPSA) is 66.6 Å². The number of carbonyl (C=O) groups is 1. The maximum absolute atomic E-state index is 10.9. The van der Waals surface area contributed by atoms with E-state index in [1.165, 1.54) is 0 Å². The summed E-state index contributed by atoms with van der Waals surface area (Å²) in [7, 11) is 1.85. The van der Waals surface area contributed by atoms with Gasteiger partial charge in [0.1, 0.15) is 6.04 Å². The van der Waals surface area contributed by atoms with Crippen molar-refractivity contribution in [3.8, 4) is 0 Å². The van der Waals surface area contributed by atoms with Crippen molar-refractivity contribution >= 4 is 5.97 Å². The number of likely N-dealkylation sites (N-methyl/N-ethyl adjacent to an activating group) is 1. The van der Waals surface area contributed by atoms with E-state index in [0.717, 1.165) is 13.0 Å². The van der Waals surface area contributed by atoms with Crippen LogP contribution in [-0.4, -0.2) is 42.2 Å². The minimum Gasteiger partial charge on any atom is -0.480 e. The van der Waals surface area contributed by atoms with Gasteiger partial charge in [-0.3, -0.25) is 9.69 Å². The van der Waals surface area contributed by atoms with Gasteiger partial charge >= 0.3 is 5.97 Å². The van der Waals surface area contributed by atoms with E-state index >= 15 is 0 Å². The molecule has 0 fully saturated rings. The third-order valence-corrected chi connectivity index (χ3v) is 2.55. The maximum atomic E-state index is 10.9. The van der Waals surface area contributed by atoms with Crippen LogP contribution in [0.5, 0.6) is 0 Å². The second-order valence-corrected chi connectivity index (χ2v) is 3.88. The highest BCUT2D eigenvalue weighted by molar-refractivity contribution is 5.73. The molecule has 4 heteroatoms. The van der Waals surface area contributed by atoms with Crippen molar-refractivity contribution < 1.29 is 9.90 Å². The van der Waals surface area contributed by atoms with Crippen LogP contribution in [-0.2, 0) is 4.79 Å². The predicted octanol–water partition coefficient (Wildman–Crippen LogP) is 0.766. The zero-order valence-corrected chi connectivity index (χ0v) is 9.36. The second kappa shape index (κ2) is 6.79. The highest BCUT2D eigenvalue weighted by Gasteiger charge is 2.22. The molecule has 0 aromatic rings. The molecule has 4 nitrogen and oxygen atoms in total. The van der Waals surface area contributed by atoms with Gasteiger partial charge in [0.15, 0.2) is 0 Å². The number of rotatable bonds is 7. The summed E-state index contributed by atoms with van der Waals surface area (Å²) >= 11 is 0. The molecule has 0 amide bonds. The first-order chi connectivity index (χ1) is 6.52. The van der Waals surface area contributed by atoms with Crippen molar-refractivity contribution in [3.05, 3.63) is 0 Å². The standard InChI is InChI=1S/C10H22N2O2/c1-4-8(2)7-12(3)9(5-6-11)10(13)14/h8-9H,4-7,11H2,1-3H3,(H,13,14). The van der Waals surface area contributed by atoms with Crippen molar-refractivity contribution in [3.63, 3.8) is 0 Å². The van der Waals surface area contributed by atoms with Gasteiger partial charge in [-0.15, -0.1) is 0 Å². The van der Waals surface area contributed by atoms with Gasteiger partial charge in [0.25, 0.3) is 0 Å². The van der Waals surface area contributed by atoms with Gasteiger partial charge in [-0.1, -0.05) is 20.3 Å². The lowest BCUT2D eigenvalue weighted by Gasteiger charge is -2.26. The summed E-state index contributed by atoms with van der Waals surface area (Å²) in [5.41, 5.74) is 5.38. The quantitative estimate of drug-likeness (QED) is 0.640. The van der Waals surface area contributed by atoms with Crippen LogP contribution < -0.4 is 5.73 Å². The van der Waals surface area contributed by atoms with Crippen molar-refractivity contribution in [2.75, 3.05) is 20.1 Å². The number of carboxylic acid groups (broad SMARTS) is 1. The first kappa shape index (κ1) is 13.4. The third kappa shape index (κ3) is 4.58. The van der Waals surface area contributed by atoms with Crippen molar-refractivity contribution in [1.29, 1.82) is 0 Å². The molecule has 0 spiro atoms. The van der Waals surface area contributed by atoms with E-state index in [0.29, 0.717) is 18.9 Å². The van der Waals surface area contributed by atoms with Gasteiger partial charge in [0.2, 0.25) is 0 Å². The number of hydrogen-bond donors (Lipinski definition) is 2. The third-order valence-electron chi connectivity index (χ3n) is 2.55. The zero-order chi connectivity index (χ0) is 11.1. The molecule has 0 saturated carbocycles. The van der Waals surface area contributed by atoms with Gasteiger partial charge in [0.05, 0.1) is 0 Å². The molecule has 0 aliphatic heterocycles. The molecule has 2 unspecified atom stereocenters. The molecule has 0 aliphatic rings. The minimum absolute atomic E-state index is 0.418. The van der Waals surface area contributed by atoms with Crippen LogP contribution in [0.15, 0.2) is 0 Å². The number of hydrogen-bond acceptors (Lipinski definition) is 3. The summed E-state index contributed by atoms with van der Waals surface area (Å²) in [6, 6.07) is -0.436. The van der Waals surface area contributed by atoms with Crippen LogP contribution in [0.4, 0.5) is 0 Å². The van der Waals surface area contributed by atoms with E-state index in [-0.39, 0.29) is 0 Å². The Balaban J connectivity index is 4.14. The molecule has 2 atom stereocenters. The lowest BCUT2D eigenvalue weighted by Crippen LogP contribution is -2.41. The largest absolute Gasteiger partial charge is 0.480 e. The molecule has 0 rings (SSSR count). The summed E-state index contributed by atoms with van der Waals surface area (Å²) in [5.74, 6) is -0.249. The highest BCUT2D eigenvalue weighted by atomic mass is 16.4. The summed E-state index contributed by atoms with van der Waals surface area (Å²) in [5, 5.41) is 8.96. The Morgan fingerprint density at radius 2 is 2.14 bits per heavy atom. The first-order valence-electron chi connectivity index (χ1n) is 5.16. The van der Waals surface area contributed by atoms with Gasteiger partial charge < -0.3 is 10.8 Å². The molecule has 0 radical (unpaired) electrons. The Morgan fingerprint density at radius 1 is 1.57 bits per heavy atom. The van der Waals surface area contributed by atoms with Crippen LogP contribution in [0.2, 0.25) is 0 Å². The SMILES string of the molecule is CCC(C)CN(C)C(CCN)C(=O)O. The van der Waals surface area contributed by atoms with E-state index in [1.807, 2.05) is 11.9 Å². The molecule has 0 bridgehead atoms. The van der Waals surface area contributed by atoms with E-state index in [9.17, 15) is 4.79 Å². The van der Waals surface area contributed by atoms with E-state index < -0.39 is 12.0 Å². The van der Waals surface area contributed by atoms with Gasteiger partial charge in [0, 0.05) is 6.54 Å². The van der Waals surface area contributed by atoms with Gasteiger partial charge in [-0.25, -0.2) is 0 Å². The van der Waals surface area contributed by atoms with E-state index in [4.69, 9.17) is 10.8 Å². The fourth-order valence-corrected chi connectivity index (χ4v) is 1.44. The summed E-state index contributed by atoms with van der Waals surface area (Å²) in [6.45, 7) is 5.46. The Hall–Kier alpha value is -0.610. The maximum Gasteiger partial charge on any atom is 0.320 e. The average Bonchev–Trinajstić information content (AvgIpc) is 2.13. The average molecular weight is 202 g/mol. The van der Waals surface area contributed by atoms with Crippen molar-refractivity contribution in [2.45, 2.75) is 32.7 Å². The van der Waals surface area contributed by atoms with Gasteiger partial charge in [-0.05, 0) is 25.9 Å². The lowest BCUT2D eigenvalue weighted by molar-refractivity contribution is -0.143. The molecule has 0 saturated heterocycles. The van der Waals surface area contributed by atoms with Crippen LogP contribution in [0.1, 0.15) is 26.7 Å². The monoisotopic (exact) mass is 202 g/mol. The van der Waals surface area contributed by atoms with Crippen molar-refractivity contribution in [2.24, 2.45) is 11.7 Å². The first-order valence-corrected chi connectivity index (χ1v) is 5.16. The molecular weight excluding hydrogens is 180 g/mol. The number of carboxylic acids is 1. The summed E-state index contributed by atoms with van der Waals surface area (Å²) < 4.78 is 0. The molecule has 0 aromatic carbocycles. The molecule has 0 aromatic heterocycles. The predicted molar refractivity (Wildman–Crippen MR) is 57.2 cm³/mol. The molecule has 14 heavy (non-hydrogen) atoms. The molecular formula is C10H22N2O2. The smallest absolute Gasteiger partial charge is 0.320 e.